The molecule has 1 amide bonds. The number of methoxy groups -OCH3 is 1. The summed E-state index contributed by atoms with van der Waals surface area (Å²) in [6, 6.07) is 12.7. The fourth-order valence-electron chi connectivity index (χ4n) is 6.21. The van der Waals surface area contributed by atoms with Crippen molar-refractivity contribution in [2.24, 2.45) is 4.99 Å². The molecular formula is C34H35BrN4O5S. The molecule has 0 N–H and O–H groups in total. The highest BCUT2D eigenvalue weighted by atomic mass is 79.9. The molecule has 2 aliphatic heterocycles. The second kappa shape index (κ2) is 13.2. The summed E-state index contributed by atoms with van der Waals surface area (Å²) in [5.41, 5.74) is 3.09. The molecule has 0 bridgehead atoms. The lowest BCUT2D eigenvalue weighted by molar-refractivity contribution is -0.139. The third-order valence-corrected chi connectivity index (χ3v) is 9.73. The van der Waals surface area contributed by atoms with Gasteiger partial charge in [-0.1, -0.05) is 58.8 Å². The Kier molecular flexibility index (Phi) is 9.09. The highest BCUT2D eigenvalue weighted by Crippen LogP contribution is 2.38. The van der Waals surface area contributed by atoms with Crippen LogP contribution < -0.4 is 19.6 Å². The largest absolute Gasteiger partial charge is 0.496 e. The van der Waals surface area contributed by atoms with Crippen LogP contribution in [0.4, 0.5) is 0 Å². The van der Waals surface area contributed by atoms with Gasteiger partial charge in [0.1, 0.15) is 18.3 Å². The highest BCUT2D eigenvalue weighted by molar-refractivity contribution is 9.10. The summed E-state index contributed by atoms with van der Waals surface area (Å²) in [5.74, 6) is 0.136. The molecule has 1 atom stereocenters. The van der Waals surface area contributed by atoms with Crippen molar-refractivity contribution < 1.29 is 19.1 Å². The summed E-state index contributed by atoms with van der Waals surface area (Å²) in [4.78, 5) is 48.3. The number of allylic oxidation sites excluding steroid dienone is 1. The Morgan fingerprint density at radius 1 is 1.13 bits per heavy atom. The Balaban J connectivity index is 1.54. The van der Waals surface area contributed by atoms with E-state index in [0.29, 0.717) is 38.3 Å². The van der Waals surface area contributed by atoms with Crippen LogP contribution in [-0.4, -0.2) is 52.7 Å². The summed E-state index contributed by atoms with van der Waals surface area (Å²) in [5, 5.41) is 0.946. The molecule has 1 fully saturated rings. The van der Waals surface area contributed by atoms with Gasteiger partial charge in [-0.2, -0.15) is 0 Å². The molecule has 234 valence electrons. The summed E-state index contributed by atoms with van der Waals surface area (Å²) in [7, 11) is 1.57. The minimum atomic E-state index is -0.795. The number of benzene rings is 2. The first-order chi connectivity index (χ1) is 21.8. The minimum Gasteiger partial charge on any atom is -0.496 e. The molecule has 0 radical (unpaired) electrons. The van der Waals surface area contributed by atoms with E-state index in [4.69, 9.17) is 14.5 Å². The molecule has 2 aromatic carbocycles. The van der Waals surface area contributed by atoms with Crippen LogP contribution in [0.3, 0.4) is 0 Å². The molecule has 6 rings (SSSR count). The summed E-state index contributed by atoms with van der Waals surface area (Å²) in [6.07, 6.45) is 7.19. The number of ether oxygens (including phenoxy) is 2. The SMILES string of the molecule is CCCC1=C(C(=O)OCC)[C@@H](c2cc(Br)ccc2OC)n2c(s/c(=C\c3cn(CC(=O)N4CCCC4)c4ccccc34)c2=O)=N1. The van der Waals surface area contributed by atoms with Crippen molar-refractivity contribution in [3.05, 3.63) is 95.2 Å². The maximum absolute atomic E-state index is 14.4. The van der Waals surface area contributed by atoms with Gasteiger partial charge in [0.15, 0.2) is 4.80 Å². The molecule has 9 nitrogen and oxygen atoms in total. The maximum atomic E-state index is 14.4. The summed E-state index contributed by atoms with van der Waals surface area (Å²) >= 11 is 4.85. The fraction of sp³-hybridized carbons (Fsp3) is 0.353. The quantitative estimate of drug-likeness (QED) is 0.232. The van der Waals surface area contributed by atoms with Gasteiger partial charge in [-0.3, -0.25) is 14.2 Å². The molecule has 45 heavy (non-hydrogen) atoms. The molecule has 0 saturated carbocycles. The first kappa shape index (κ1) is 31.0. The van der Waals surface area contributed by atoms with Gasteiger partial charge in [-0.05, 0) is 56.5 Å². The first-order valence-corrected chi connectivity index (χ1v) is 16.9. The summed E-state index contributed by atoms with van der Waals surface area (Å²) < 4.78 is 16.1. The number of rotatable bonds is 9. The Morgan fingerprint density at radius 2 is 1.91 bits per heavy atom. The molecule has 1 saturated heterocycles. The van der Waals surface area contributed by atoms with Gasteiger partial charge < -0.3 is 18.9 Å². The normalized spacial score (nSPS) is 16.7. The van der Waals surface area contributed by atoms with Crippen molar-refractivity contribution in [2.75, 3.05) is 26.8 Å². The zero-order valence-electron chi connectivity index (χ0n) is 25.5. The second-order valence-corrected chi connectivity index (χ2v) is 13.0. The lowest BCUT2D eigenvalue weighted by atomic mass is 9.93. The van der Waals surface area contributed by atoms with Crippen molar-refractivity contribution in [3.63, 3.8) is 0 Å². The average molecular weight is 692 g/mol. The van der Waals surface area contributed by atoms with E-state index in [1.165, 1.54) is 11.3 Å². The van der Waals surface area contributed by atoms with Crippen LogP contribution in [0.2, 0.25) is 0 Å². The van der Waals surface area contributed by atoms with Crippen molar-refractivity contribution in [2.45, 2.75) is 52.1 Å². The number of hydrogen-bond acceptors (Lipinski definition) is 7. The molecule has 2 aliphatic rings. The fourth-order valence-corrected chi connectivity index (χ4v) is 7.60. The van der Waals surface area contributed by atoms with E-state index in [1.54, 1.807) is 18.6 Å². The molecule has 2 aromatic heterocycles. The Morgan fingerprint density at radius 3 is 2.64 bits per heavy atom. The van der Waals surface area contributed by atoms with E-state index in [0.717, 1.165) is 53.3 Å². The molecule has 0 unspecified atom stereocenters. The Hall–Kier alpha value is -3.96. The number of hydrogen-bond donors (Lipinski definition) is 0. The monoisotopic (exact) mass is 690 g/mol. The molecule has 11 heteroatoms. The van der Waals surface area contributed by atoms with Crippen LogP contribution >= 0.6 is 27.3 Å². The number of carbonyl (C=O) groups is 2. The van der Waals surface area contributed by atoms with Gasteiger partial charge in [0, 0.05) is 45.8 Å². The number of thiazole rings is 1. The van der Waals surface area contributed by atoms with E-state index < -0.39 is 12.0 Å². The highest BCUT2D eigenvalue weighted by Gasteiger charge is 2.36. The maximum Gasteiger partial charge on any atom is 0.338 e. The lowest BCUT2D eigenvalue weighted by Gasteiger charge is -2.27. The molecule has 0 aliphatic carbocycles. The average Bonchev–Trinajstić information content (AvgIpc) is 3.76. The van der Waals surface area contributed by atoms with E-state index in [-0.39, 0.29) is 24.6 Å². The predicted octanol–water partition coefficient (Wildman–Crippen LogP) is 4.93. The van der Waals surface area contributed by atoms with Crippen LogP contribution in [0, 0.1) is 0 Å². The number of esters is 1. The number of likely N-dealkylation sites (tertiary alicyclic amines) is 1. The van der Waals surface area contributed by atoms with E-state index >= 15 is 0 Å². The number of fused-ring (bicyclic) bond motifs is 2. The zero-order valence-corrected chi connectivity index (χ0v) is 27.9. The summed E-state index contributed by atoms with van der Waals surface area (Å²) in [6.45, 7) is 5.81. The number of carbonyl (C=O) groups excluding carboxylic acids is 2. The Bertz CT molecular complexity index is 2000. The van der Waals surface area contributed by atoms with Crippen LogP contribution in [-0.2, 0) is 20.9 Å². The van der Waals surface area contributed by atoms with Crippen molar-refractivity contribution >= 4 is 56.1 Å². The molecule has 0 spiro atoms. The number of nitrogens with zero attached hydrogens (tertiary/aromatic N) is 4. The zero-order chi connectivity index (χ0) is 31.7. The van der Waals surface area contributed by atoms with Crippen LogP contribution in [0.1, 0.15) is 56.7 Å². The Labute approximate surface area is 273 Å². The van der Waals surface area contributed by atoms with Gasteiger partial charge in [0.2, 0.25) is 5.91 Å². The van der Waals surface area contributed by atoms with Crippen LogP contribution in [0.25, 0.3) is 17.0 Å². The first-order valence-electron chi connectivity index (χ1n) is 15.3. The minimum absolute atomic E-state index is 0.0945. The smallest absolute Gasteiger partial charge is 0.338 e. The van der Waals surface area contributed by atoms with Gasteiger partial charge in [0.25, 0.3) is 5.56 Å². The van der Waals surface area contributed by atoms with E-state index in [2.05, 4.69) is 15.9 Å². The predicted molar refractivity (Wildman–Crippen MR) is 178 cm³/mol. The van der Waals surface area contributed by atoms with Crippen LogP contribution in [0.15, 0.2) is 74.2 Å². The number of para-hydroxylation sites is 1. The van der Waals surface area contributed by atoms with Gasteiger partial charge >= 0.3 is 5.97 Å². The molecule has 4 aromatic rings. The van der Waals surface area contributed by atoms with E-state index in [1.807, 2.05) is 71.1 Å². The topological polar surface area (TPSA) is 95.1 Å². The number of amides is 1. The van der Waals surface area contributed by atoms with Crippen molar-refractivity contribution in [1.82, 2.24) is 14.0 Å². The van der Waals surface area contributed by atoms with Gasteiger partial charge in [-0.15, -0.1) is 0 Å². The lowest BCUT2D eigenvalue weighted by Crippen LogP contribution is -2.40. The number of aromatic nitrogens is 2. The number of halogens is 1. The van der Waals surface area contributed by atoms with Crippen LogP contribution in [0.5, 0.6) is 5.75 Å². The second-order valence-electron chi connectivity index (χ2n) is 11.1. The standard InChI is InChI=1S/C34H35BrN4O5S/c1-4-10-25-30(33(42)44-5-2)31(24-18-22(35)13-14-27(24)43-3)39-32(41)28(45-34(39)36-25)17-21-19-38(26-12-7-6-11-23(21)26)20-29(40)37-15-8-9-16-37/h6-7,11-14,17-19,31H,4-5,8-10,15-16,20H2,1-3H3/b28-17-/t31-/m1/s1. The van der Waals surface area contributed by atoms with E-state index in [9.17, 15) is 14.4 Å². The third-order valence-electron chi connectivity index (χ3n) is 8.25. The van der Waals surface area contributed by atoms with Gasteiger partial charge in [-0.25, -0.2) is 9.79 Å². The van der Waals surface area contributed by atoms with Gasteiger partial charge in [0.05, 0.1) is 29.5 Å². The molecule has 4 heterocycles. The van der Waals surface area contributed by atoms with Crippen molar-refractivity contribution in [1.29, 1.82) is 0 Å². The molecular weight excluding hydrogens is 656 g/mol. The third kappa shape index (κ3) is 5.91. The van der Waals surface area contributed by atoms with Crippen molar-refractivity contribution in [3.8, 4) is 5.75 Å².